The van der Waals surface area contributed by atoms with Crippen LogP contribution in [0, 0.1) is 5.92 Å². The van der Waals surface area contributed by atoms with Gasteiger partial charge in [0.15, 0.2) is 0 Å². The zero-order valence-corrected chi connectivity index (χ0v) is 9.16. The topological polar surface area (TPSA) is 52.3 Å². The van der Waals surface area contributed by atoms with Gasteiger partial charge in [-0.3, -0.25) is 4.79 Å². The number of carbonyl (C=O) groups is 1. The summed E-state index contributed by atoms with van der Waals surface area (Å²) in [5.74, 6) is 0.293. The van der Waals surface area contributed by atoms with Gasteiger partial charge >= 0.3 is 5.97 Å². The average molecular weight is 199 g/mol. The van der Waals surface area contributed by atoms with Gasteiger partial charge < -0.3 is 10.5 Å². The summed E-state index contributed by atoms with van der Waals surface area (Å²) < 4.78 is 5.39. The molecule has 1 aliphatic carbocycles. The summed E-state index contributed by atoms with van der Waals surface area (Å²) in [5, 5.41) is 0. The van der Waals surface area contributed by atoms with E-state index >= 15 is 0 Å². The molecule has 0 amide bonds. The maximum absolute atomic E-state index is 11.3. The first-order valence-electron chi connectivity index (χ1n) is 5.61. The van der Waals surface area contributed by atoms with Crippen LogP contribution in [0.3, 0.4) is 0 Å². The lowest BCUT2D eigenvalue weighted by Crippen LogP contribution is -2.36. The van der Waals surface area contributed by atoms with Crippen LogP contribution < -0.4 is 5.73 Å². The second-order valence-corrected chi connectivity index (χ2v) is 4.22. The Morgan fingerprint density at radius 1 is 1.50 bits per heavy atom. The Hall–Kier alpha value is -0.570. The number of hydrogen-bond donors (Lipinski definition) is 1. The molecule has 3 heteroatoms. The van der Waals surface area contributed by atoms with Crippen molar-refractivity contribution < 1.29 is 9.53 Å². The molecule has 0 aliphatic heterocycles. The predicted molar refractivity (Wildman–Crippen MR) is 55.8 cm³/mol. The van der Waals surface area contributed by atoms with Crippen LogP contribution in [0.15, 0.2) is 0 Å². The van der Waals surface area contributed by atoms with Gasteiger partial charge in [0.05, 0.1) is 0 Å². The minimum atomic E-state index is -0.491. The van der Waals surface area contributed by atoms with E-state index in [1.54, 1.807) is 6.92 Å². The molecule has 0 bridgehead atoms. The molecule has 0 radical (unpaired) electrons. The SMILES string of the molecule is CCC1CCCCC1OC(=O)[C@@H](C)N. The highest BCUT2D eigenvalue weighted by Gasteiger charge is 2.27. The minimum absolute atomic E-state index is 0.118. The van der Waals surface area contributed by atoms with E-state index in [0.29, 0.717) is 5.92 Å². The highest BCUT2D eigenvalue weighted by molar-refractivity contribution is 5.75. The zero-order chi connectivity index (χ0) is 10.6. The second-order valence-electron chi connectivity index (χ2n) is 4.22. The molecular weight excluding hydrogens is 178 g/mol. The Labute approximate surface area is 86.0 Å². The zero-order valence-electron chi connectivity index (χ0n) is 9.16. The summed E-state index contributed by atoms with van der Waals surface area (Å²) in [5.41, 5.74) is 5.47. The standard InChI is InChI=1S/C11H21NO2/c1-3-9-6-4-5-7-10(9)14-11(13)8(2)12/h8-10H,3-7,12H2,1-2H3/t8-,9?,10?/m1/s1. The number of hydrogen-bond acceptors (Lipinski definition) is 3. The fourth-order valence-corrected chi connectivity index (χ4v) is 2.05. The molecule has 0 heterocycles. The number of ether oxygens (including phenoxy) is 1. The van der Waals surface area contributed by atoms with E-state index < -0.39 is 6.04 Å². The summed E-state index contributed by atoms with van der Waals surface area (Å²) in [6, 6.07) is -0.491. The van der Waals surface area contributed by atoms with Crippen molar-refractivity contribution >= 4 is 5.97 Å². The van der Waals surface area contributed by atoms with E-state index in [9.17, 15) is 4.79 Å². The van der Waals surface area contributed by atoms with Gasteiger partial charge in [0.1, 0.15) is 12.1 Å². The summed E-state index contributed by atoms with van der Waals surface area (Å²) in [6.07, 6.45) is 5.85. The maximum Gasteiger partial charge on any atom is 0.322 e. The van der Waals surface area contributed by atoms with Crippen LogP contribution >= 0.6 is 0 Å². The molecular formula is C11H21NO2. The van der Waals surface area contributed by atoms with Crippen LogP contribution in [0.5, 0.6) is 0 Å². The monoisotopic (exact) mass is 199 g/mol. The van der Waals surface area contributed by atoms with Gasteiger partial charge in [-0.1, -0.05) is 13.3 Å². The van der Waals surface area contributed by atoms with Crippen molar-refractivity contribution in [3.05, 3.63) is 0 Å². The molecule has 2 unspecified atom stereocenters. The molecule has 82 valence electrons. The van der Waals surface area contributed by atoms with Gasteiger partial charge in [-0.2, -0.15) is 0 Å². The smallest absolute Gasteiger partial charge is 0.322 e. The van der Waals surface area contributed by atoms with Gasteiger partial charge in [-0.15, -0.1) is 0 Å². The molecule has 14 heavy (non-hydrogen) atoms. The molecule has 3 nitrogen and oxygen atoms in total. The third-order valence-corrected chi connectivity index (χ3v) is 3.00. The average Bonchev–Trinajstić information content (AvgIpc) is 2.18. The molecule has 1 saturated carbocycles. The summed E-state index contributed by atoms with van der Waals surface area (Å²) in [6.45, 7) is 3.83. The number of esters is 1. The molecule has 0 aromatic heterocycles. The molecule has 2 N–H and O–H groups in total. The van der Waals surface area contributed by atoms with Crippen molar-refractivity contribution in [2.45, 2.75) is 58.1 Å². The molecule has 3 atom stereocenters. The quantitative estimate of drug-likeness (QED) is 0.706. The Morgan fingerprint density at radius 2 is 2.14 bits per heavy atom. The Bertz CT molecular complexity index is 192. The van der Waals surface area contributed by atoms with Crippen LogP contribution in [0.1, 0.15) is 46.0 Å². The van der Waals surface area contributed by atoms with E-state index in [-0.39, 0.29) is 12.1 Å². The first kappa shape index (κ1) is 11.5. The van der Waals surface area contributed by atoms with E-state index in [4.69, 9.17) is 10.5 Å². The van der Waals surface area contributed by atoms with Crippen molar-refractivity contribution in [2.75, 3.05) is 0 Å². The van der Waals surface area contributed by atoms with E-state index in [1.165, 1.54) is 19.3 Å². The Balaban J connectivity index is 2.44. The lowest BCUT2D eigenvalue weighted by atomic mass is 9.85. The summed E-state index contributed by atoms with van der Waals surface area (Å²) >= 11 is 0. The molecule has 1 aliphatic rings. The van der Waals surface area contributed by atoms with Crippen LogP contribution in [0.4, 0.5) is 0 Å². The molecule has 1 fully saturated rings. The number of rotatable bonds is 3. The number of nitrogens with two attached hydrogens (primary N) is 1. The van der Waals surface area contributed by atoms with Gasteiger partial charge in [0, 0.05) is 0 Å². The molecule has 1 rings (SSSR count). The molecule has 0 aromatic carbocycles. The fourth-order valence-electron chi connectivity index (χ4n) is 2.05. The van der Waals surface area contributed by atoms with Gasteiger partial charge in [0.2, 0.25) is 0 Å². The predicted octanol–water partition coefficient (Wildman–Crippen LogP) is 1.85. The van der Waals surface area contributed by atoms with E-state index in [1.807, 2.05) is 0 Å². The summed E-state index contributed by atoms with van der Waals surface area (Å²) in [4.78, 5) is 11.3. The third kappa shape index (κ3) is 2.98. The summed E-state index contributed by atoms with van der Waals surface area (Å²) in [7, 11) is 0. The fraction of sp³-hybridized carbons (Fsp3) is 0.909. The first-order valence-corrected chi connectivity index (χ1v) is 5.61. The van der Waals surface area contributed by atoms with Crippen molar-refractivity contribution in [1.82, 2.24) is 0 Å². The largest absolute Gasteiger partial charge is 0.461 e. The highest BCUT2D eigenvalue weighted by Crippen LogP contribution is 2.29. The van der Waals surface area contributed by atoms with E-state index in [2.05, 4.69) is 6.92 Å². The first-order chi connectivity index (χ1) is 6.65. The molecule has 0 aromatic rings. The highest BCUT2D eigenvalue weighted by atomic mass is 16.5. The van der Waals surface area contributed by atoms with E-state index in [0.717, 1.165) is 12.8 Å². The number of carbonyl (C=O) groups excluding carboxylic acids is 1. The third-order valence-electron chi connectivity index (χ3n) is 3.00. The van der Waals surface area contributed by atoms with Crippen LogP contribution in [0.25, 0.3) is 0 Å². The van der Waals surface area contributed by atoms with Crippen molar-refractivity contribution in [1.29, 1.82) is 0 Å². The van der Waals surface area contributed by atoms with Gasteiger partial charge in [-0.05, 0) is 38.5 Å². The minimum Gasteiger partial charge on any atom is -0.461 e. The van der Waals surface area contributed by atoms with Crippen LogP contribution in [0.2, 0.25) is 0 Å². The maximum atomic E-state index is 11.3. The van der Waals surface area contributed by atoms with Crippen molar-refractivity contribution in [2.24, 2.45) is 11.7 Å². The Morgan fingerprint density at radius 3 is 2.71 bits per heavy atom. The van der Waals surface area contributed by atoms with Crippen LogP contribution in [-0.4, -0.2) is 18.1 Å². The van der Waals surface area contributed by atoms with Gasteiger partial charge in [0.25, 0.3) is 0 Å². The molecule has 0 spiro atoms. The van der Waals surface area contributed by atoms with Crippen LogP contribution in [-0.2, 0) is 9.53 Å². The lowest BCUT2D eigenvalue weighted by molar-refractivity contribution is -0.154. The van der Waals surface area contributed by atoms with Crippen molar-refractivity contribution in [3.8, 4) is 0 Å². The van der Waals surface area contributed by atoms with Crippen molar-refractivity contribution in [3.63, 3.8) is 0 Å². The second kappa shape index (κ2) is 5.35. The van der Waals surface area contributed by atoms with Gasteiger partial charge in [-0.25, -0.2) is 0 Å². The molecule has 0 saturated heterocycles. The lowest BCUT2D eigenvalue weighted by Gasteiger charge is -2.30. The normalized spacial score (nSPS) is 29.6. The Kier molecular flexibility index (Phi) is 4.39.